The lowest BCUT2D eigenvalue weighted by atomic mass is 9.93. The maximum Gasteiger partial charge on any atom is 0.286 e. The van der Waals surface area contributed by atoms with Gasteiger partial charge in [0.25, 0.3) is 11.8 Å². The van der Waals surface area contributed by atoms with E-state index in [1.54, 1.807) is 6.92 Å². The summed E-state index contributed by atoms with van der Waals surface area (Å²) in [6.45, 7) is 1.99. The number of nitrogens with zero attached hydrogens (tertiary/aromatic N) is 2. The summed E-state index contributed by atoms with van der Waals surface area (Å²) in [6, 6.07) is 2.76. The molecule has 0 spiro atoms. The summed E-state index contributed by atoms with van der Waals surface area (Å²) < 4.78 is 4.92. The van der Waals surface area contributed by atoms with Crippen LogP contribution in [0.15, 0.2) is 12.1 Å². The van der Waals surface area contributed by atoms with Crippen molar-refractivity contribution in [3.63, 3.8) is 0 Å². The van der Waals surface area contributed by atoms with Crippen LogP contribution in [0.5, 0.6) is 5.88 Å². The molecule has 0 aliphatic carbocycles. The van der Waals surface area contributed by atoms with Crippen molar-refractivity contribution >= 4 is 17.7 Å². The van der Waals surface area contributed by atoms with Crippen LogP contribution < -0.4 is 10.1 Å². The lowest BCUT2D eigenvalue weighted by Gasteiger charge is -2.26. The minimum absolute atomic E-state index is 0.0100. The maximum atomic E-state index is 12.0. The van der Waals surface area contributed by atoms with Crippen molar-refractivity contribution in [2.45, 2.75) is 12.8 Å². The Morgan fingerprint density at radius 2 is 2.20 bits per heavy atom. The van der Waals surface area contributed by atoms with E-state index >= 15 is 0 Å². The van der Waals surface area contributed by atoms with Gasteiger partial charge in [-0.2, -0.15) is 5.06 Å². The molecular formula is C12H13N3O5. The number of rotatable bonds is 3. The molecule has 8 heteroatoms. The second kappa shape index (κ2) is 5.25. The number of fused-ring (bicyclic) bond motifs is 1. The van der Waals surface area contributed by atoms with E-state index in [-0.39, 0.29) is 22.2 Å². The second-order valence-electron chi connectivity index (χ2n) is 4.07. The molecule has 2 N–H and O–H groups in total. The first-order valence-electron chi connectivity index (χ1n) is 5.91. The van der Waals surface area contributed by atoms with Crippen LogP contribution in [0.2, 0.25) is 0 Å². The number of carbonyl (C=O) groups excluding carboxylic acids is 3. The van der Waals surface area contributed by atoms with Gasteiger partial charge in [0.05, 0.1) is 18.4 Å². The zero-order chi connectivity index (χ0) is 14.9. The number of likely N-dealkylation sites (N-methyl/N-ethyl adjacent to an activating group) is 1. The number of aromatic nitrogens is 1. The van der Waals surface area contributed by atoms with E-state index < -0.39 is 23.6 Å². The third-order valence-electron chi connectivity index (χ3n) is 2.87. The zero-order valence-electron chi connectivity index (χ0n) is 10.9. The Balaban J connectivity index is 2.57. The molecule has 1 aliphatic heterocycles. The summed E-state index contributed by atoms with van der Waals surface area (Å²) in [4.78, 5) is 39.7. The van der Waals surface area contributed by atoms with Crippen molar-refractivity contribution in [1.29, 1.82) is 0 Å². The molecule has 106 valence electrons. The molecule has 3 amide bonds. The molecule has 1 atom stereocenters. The van der Waals surface area contributed by atoms with Gasteiger partial charge >= 0.3 is 0 Å². The Labute approximate surface area is 114 Å². The zero-order valence-corrected chi connectivity index (χ0v) is 10.9. The molecule has 1 aliphatic rings. The Kier molecular flexibility index (Phi) is 3.66. The molecular weight excluding hydrogens is 266 g/mol. The van der Waals surface area contributed by atoms with Crippen molar-refractivity contribution in [1.82, 2.24) is 15.4 Å². The smallest absolute Gasteiger partial charge is 0.286 e. The van der Waals surface area contributed by atoms with E-state index in [1.807, 2.05) is 0 Å². The van der Waals surface area contributed by atoms with Gasteiger partial charge < -0.3 is 10.1 Å². The van der Waals surface area contributed by atoms with Crippen LogP contribution in [0.3, 0.4) is 0 Å². The van der Waals surface area contributed by atoms with Crippen LogP contribution in [0.25, 0.3) is 0 Å². The normalized spacial score (nSPS) is 17.8. The number of hydrogen-bond donors (Lipinski definition) is 2. The van der Waals surface area contributed by atoms with Crippen LogP contribution >= 0.6 is 0 Å². The Bertz CT molecular complexity index is 586. The molecule has 0 saturated heterocycles. The number of methoxy groups -OCH3 is 1. The highest BCUT2D eigenvalue weighted by Gasteiger charge is 2.43. The molecule has 0 saturated carbocycles. The molecule has 2 heterocycles. The van der Waals surface area contributed by atoms with Gasteiger partial charge in [0.2, 0.25) is 11.8 Å². The van der Waals surface area contributed by atoms with E-state index in [0.717, 1.165) is 0 Å². The first kappa shape index (κ1) is 13.9. The number of ether oxygens (including phenoxy) is 1. The van der Waals surface area contributed by atoms with Crippen LogP contribution in [0, 0.1) is 0 Å². The van der Waals surface area contributed by atoms with Gasteiger partial charge in [0.1, 0.15) is 0 Å². The van der Waals surface area contributed by atoms with Crippen LogP contribution in [-0.2, 0) is 9.59 Å². The highest BCUT2D eigenvalue weighted by atomic mass is 16.5. The standard InChI is InChI=1S/C12H13N3O5/c1-3-13-10(16)8-9-6(4-5-7(14-9)20-2)11(17)15(19)12(8)18/h4-5,8,19H,3H2,1-2H3,(H,13,16). The number of carbonyl (C=O) groups is 3. The number of amides is 3. The summed E-state index contributed by atoms with van der Waals surface area (Å²) in [7, 11) is 1.38. The summed E-state index contributed by atoms with van der Waals surface area (Å²) in [5.74, 6) is -3.78. The van der Waals surface area contributed by atoms with Crippen molar-refractivity contribution < 1.29 is 24.3 Å². The number of nitrogens with one attached hydrogen (secondary N) is 1. The summed E-state index contributed by atoms with van der Waals surface area (Å²) >= 11 is 0. The number of imide groups is 1. The van der Waals surface area contributed by atoms with Gasteiger partial charge in [-0.05, 0) is 13.0 Å². The van der Waals surface area contributed by atoms with Crippen molar-refractivity contribution in [3.05, 3.63) is 23.4 Å². The maximum absolute atomic E-state index is 12.0. The average molecular weight is 279 g/mol. The Morgan fingerprint density at radius 1 is 1.50 bits per heavy atom. The summed E-state index contributed by atoms with van der Waals surface area (Å²) in [5, 5.41) is 11.9. The molecule has 8 nitrogen and oxygen atoms in total. The van der Waals surface area contributed by atoms with Gasteiger partial charge in [0, 0.05) is 12.6 Å². The van der Waals surface area contributed by atoms with E-state index in [4.69, 9.17) is 4.74 Å². The molecule has 2 rings (SSSR count). The third kappa shape index (κ3) is 2.10. The van der Waals surface area contributed by atoms with Gasteiger partial charge in [-0.3, -0.25) is 19.6 Å². The van der Waals surface area contributed by atoms with E-state index in [1.165, 1.54) is 19.2 Å². The predicted molar refractivity (Wildman–Crippen MR) is 65.2 cm³/mol. The van der Waals surface area contributed by atoms with Crippen molar-refractivity contribution in [2.24, 2.45) is 0 Å². The van der Waals surface area contributed by atoms with Gasteiger partial charge in [0.15, 0.2) is 5.92 Å². The minimum atomic E-state index is -1.37. The van der Waals surface area contributed by atoms with Gasteiger partial charge in [-0.1, -0.05) is 0 Å². The third-order valence-corrected chi connectivity index (χ3v) is 2.87. The fourth-order valence-electron chi connectivity index (χ4n) is 1.94. The molecule has 0 aromatic carbocycles. The molecule has 1 unspecified atom stereocenters. The van der Waals surface area contributed by atoms with Gasteiger partial charge in [-0.15, -0.1) is 0 Å². The topological polar surface area (TPSA) is 109 Å². The molecule has 0 fully saturated rings. The summed E-state index contributed by atoms with van der Waals surface area (Å²) in [5.41, 5.74) is -0.0280. The largest absolute Gasteiger partial charge is 0.481 e. The quantitative estimate of drug-likeness (QED) is 0.446. The first-order valence-corrected chi connectivity index (χ1v) is 5.91. The van der Waals surface area contributed by atoms with E-state index in [2.05, 4.69) is 10.3 Å². The summed E-state index contributed by atoms with van der Waals surface area (Å²) in [6.07, 6.45) is 0. The number of hydroxylamine groups is 2. The van der Waals surface area contributed by atoms with Crippen LogP contribution in [-0.4, -0.2) is 46.6 Å². The number of pyridine rings is 1. The fraction of sp³-hybridized carbons (Fsp3) is 0.333. The lowest BCUT2D eigenvalue weighted by Crippen LogP contribution is -2.48. The van der Waals surface area contributed by atoms with Crippen LogP contribution in [0.1, 0.15) is 28.9 Å². The molecule has 0 radical (unpaired) electrons. The minimum Gasteiger partial charge on any atom is -0.481 e. The molecule has 20 heavy (non-hydrogen) atoms. The Morgan fingerprint density at radius 3 is 2.80 bits per heavy atom. The molecule has 1 aromatic heterocycles. The number of hydrogen-bond acceptors (Lipinski definition) is 6. The first-order chi connectivity index (χ1) is 9.51. The fourth-order valence-corrected chi connectivity index (χ4v) is 1.94. The highest BCUT2D eigenvalue weighted by molar-refractivity contribution is 6.17. The lowest BCUT2D eigenvalue weighted by molar-refractivity contribution is -0.159. The van der Waals surface area contributed by atoms with Crippen molar-refractivity contribution in [3.8, 4) is 5.88 Å². The second-order valence-corrected chi connectivity index (χ2v) is 4.07. The average Bonchev–Trinajstić information content (AvgIpc) is 2.45. The van der Waals surface area contributed by atoms with Gasteiger partial charge in [-0.25, -0.2) is 4.98 Å². The Hall–Kier alpha value is -2.48. The molecule has 0 bridgehead atoms. The SMILES string of the molecule is CCNC(=O)C1C(=O)N(O)C(=O)c2ccc(OC)nc21. The van der Waals surface area contributed by atoms with E-state index in [0.29, 0.717) is 6.54 Å². The molecule has 1 aromatic rings. The van der Waals surface area contributed by atoms with E-state index in [9.17, 15) is 19.6 Å². The highest BCUT2D eigenvalue weighted by Crippen LogP contribution is 2.29. The predicted octanol–water partition coefficient (Wildman–Crippen LogP) is -0.319. The van der Waals surface area contributed by atoms with Crippen LogP contribution in [0.4, 0.5) is 0 Å². The van der Waals surface area contributed by atoms with Crippen molar-refractivity contribution in [2.75, 3.05) is 13.7 Å². The monoisotopic (exact) mass is 279 g/mol.